The van der Waals surface area contributed by atoms with Crippen molar-refractivity contribution in [3.63, 3.8) is 0 Å². The van der Waals surface area contributed by atoms with Crippen molar-refractivity contribution in [2.75, 3.05) is 27.4 Å². The Bertz CT molecular complexity index is 1210. The standard InChI is InChI=1S/C25H30N4O3/c1-15-10-16(2)24(17(3)11-15)27-23-14-20-19-13-22(31-5)21(30-4)12-18(19)6-8-29(20)25(28-23)32-9-7-26/h10-14H,6-9,26H2,1-5H3. The number of rotatable bonds is 6. The molecule has 0 fully saturated rings. The van der Waals surface area contributed by atoms with E-state index in [0.29, 0.717) is 30.4 Å². The Balaban J connectivity index is 1.95. The molecule has 1 aliphatic heterocycles. The third-order valence-corrected chi connectivity index (χ3v) is 5.70. The highest BCUT2D eigenvalue weighted by Crippen LogP contribution is 2.39. The van der Waals surface area contributed by atoms with Gasteiger partial charge in [0.05, 0.1) is 25.6 Å². The molecule has 1 aromatic heterocycles. The van der Waals surface area contributed by atoms with Crippen LogP contribution in [0, 0.1) is 20.8 Å². The average Bonchev–Trinajstić information content (AvgIpc) is 2.78. The lowest BCUT2D eigenvalue weighted by atomic mass is 9.97. The number of aromatic nitrogens is 2. The quantitative estimate of drug-likeness (QED) is 0.641. The maximum atomic E-state index is 5.94. The molecule has 168 valence electrons. The van der Waals surface area contributed by atoms with Crippen molar-refractivity contribution in [1.29, 1.82) is 0 Å². The molecule has 32 heavy (non-hydrogen) atoms. The minimum atomic E-state index is 0.386. The monoisotopic (exact) mass is 434 g/mol. The van der Waals surface area contributed by atoms with Gasteiger partial charge in [0.25, 0.3) is 6.01 Å². The Morgan fingerprint density at radius 3 is 2.34 bits per heavy atom. The van der Waals surface area contributed by atoms with Crippen LogP contribution in [-0.2, 0) is 13.0 Å². The summed E-state index contributed by atoms with van der Waals surface area (Å²) >= 11 is 0. The predicted molar refractivity (Wildman–Crippen MR) is 125 cm³/mol. The number of ether oxygens (including phenoxy) is 3. The summed E-state index contributed by atoms with van der Waals surface area (Å²) in [6.45, 7) is 7.78. The van der Waals surface area contributed by atoms with Gasteiger partial charge in [0.15, 0.2) is 17.0 Å². The van der Waals surface area contributed by atoms with Crippen molar-refractivity contribution < 1.29 is 14.2 Å². The molecule has 0 saturated carbocycles. The van der Waals surface area contributed by atoms with Crippen LogP contribution in [0.2, 0.25) is 0 Å². The van der Waals surface area contributed by atoms with Crippen molar-refractivity contribution in [2.24, 2.45) is 10.7 Å². The number of fused-ring (bicyclic) bond motifs is 3. The van der Waals surface area contributed by atoms with Gasteiger partial charge in [-0.3, -0.25) is 4.57 Å². The van der Waals surface area contributed by atoms with Gasteiger partial charge in [-0.15, -0.1) is 0 Å². The molecule has 1 aliphatic rings. The van der Waals surface area contributed by atoms with E-state index < -0.39 is 0 Å². The second-order valence-electron chi connectivity index (χ2n) is 8.04. The number of benzene rings is 2. The van der Waals surface area contributed by atoms with Gasteiger partial charge in [-0.1, -0.05) is 17.7 Å². The first-order valence-electron chi connectivity index (χ1n) is 10.8. The molecular weight excluding hydrogens is 404 g/mol. The average molecular weight is 435 g/mol. The van der Waals surface area contributed by atoms with Crippen molar-refractivity contribution in [3.8, 4) is 28.8 Å². The summed E-state index contributed by atoms with van der Waals surface area (Å²) < 4.78 is 19.1. The van der Waals surface area contributed by atoms with E-state index in [4.69, 9.17) is 29.9 Å². The van der Waals surface area contributed by atoms with Gasteiger partial charge in [0, 0.05) is 24.7 Å². The Morgan fingerprint density at radius 1 is 1.00 bits per heavy atom. The molecule has 0 atom stereocenters. The van der Waals surface area contributed by atoms with Crippen LogP contribution in [0.25, 0.3) is 11.3 Å². The van der Waals surface area contributed by atoms with Gasteiger partial charge in [0.2, 0.25) is 0 Å². The number of methoxy groups -OCH3 is 2. The van der Waals surface area contributed by atoms with Gasteiger partial charge >= 0.3 is 0 Å². The summed E-state index contributed by atoms with van der Waals surface area (Å²) in [5, 5.41) is 0. The Labute approximate surface area is 188 Å². The fraction of sp³-hybridized carbons (Fsp3) is 0.360. The van der Waals surface area contributed by atoms with E-state index in [9.17, 15) is 0 Å². The number of hydrogen-bond donors (Lipinski definition) is 1. The Kier molecular flexibility index (Phi) is 6.19. The Hall–Kier alpha value is -3.32. The molecular formula is C25H30N4O3. The molecule has 2 aromatic carbocycles. The summed E-state index contributed by atoms with van der Waals surface area (Å²) in [6.07, 6.45) is 0.834. The van der Waals surface area contributed by atoms with Crippen LogP contribution < -0.4 is 25.4 Å². The molecule has 4 rings (SSSR count). The van der Waals surface area contributed by atoms with Crippen LogP contribution in [0.5, 0.6) is 17.5 Å². The topological polar surface area (TPSA) is 83.9 Å². The van der Waals surface area contributed by atoms with Crippen LogP contribution in [0.3, 0.4) is 0 Å². The van der Waals surface area contributed by atoms with Crippen LogP contribution in [-0.4, -0.2) is 36.9 Å². The number of nitrogens with zero attached hydrogens (tertiary/aromatic N) is 3. The van der Waals surface area contributed by atoms with E-state index in [-0.39, 0.29) is 0 Å². The first kappa shape index (κ1) is 21.9. The zero-order valence-corrected chi connectivity index (χ0v) is 19.4. The molecule has 0 saturated heterocycles. The molecule has 3 aromatic rings. The van der Waals surface area contributed by atoms with Crippen LogP contribution in [0.4, 0.5) is 5.69 Å². The molecule has 0 unspecified atom stereocenters. The van der Waals surface area contributed by atoms with E-state index in [2.05, 4.69) is 37.5 Å². The summed E-state index contributed by atoms with van der Waals surface area (Å²) in [5.74, 6) is 1.41. The highest BCUT2D eigenvalue weighted by Gasteiger charge is 2.22. The van der Waals surface area contributed by atoms with Crippen molar-refractivity contribution in [1.82, 2.24) is 9.55 Å². The lowest BCUT2D eigenvalue weighted by Gasteiger charge is -2.25. The molecule has 2 N–H and O–H groups in total. The van der Waals surface area contributed by atoms with Gasteiger partial charge in [-0.2, -0.15) is 4.98 Å². The second-order valence-corrected chi connectivity index (χ2v) is 8.04. The smallest absolute Gasteiger partial charge is 0.298 e. The van der Waals surface area contributed by atoms with Gasteiger partial charge in [-0.25, -0.2) is 4.99 Å². The van der Waals surface area contributed by atoms with Crippen molar-refractivity contribution in [2.45, 2.75) is 33.7 Å². The van der Waals surface area contributed by atoms with E-state index in [0.717, 1.165) is 46.8 Å². The van der Waals surface area contributed by atoms with Crippen molar-refractivity contribution >= 4 is 5.69 Å². The fourth-order valence-corrected chi connectivity index (χ4v) is 4.31. The summed E-state index contributed by atoms with van der Waals surface area (Å²) in [6, 6.07) is 10.9. The van der Waals surface area contributed by atoms with Gasteiger partial charge < -0.3 is 19.9 Å². The minimum absolute atomic E-state index is 0.386. The molecule has 0 radical (unpaired) electrons. The third kappa shape index (κ3) is 4.08. The molecule has 0 aliphatic carbocycles. The molecule has 0 amide bonds. The fourth-order valence-electron chi connectivity index (χ4n) is 4.31. The normalized spacial score (nSPS) is 12.9. The summed E-state index contributed by atoms with van der Waals surface area (Å²) in [4.78, 5) is 9.65. The number of nitrogens with two attached hydrogens (primary N) is 1. The first-order chi connectivity index (χ1) is 15.4. The number of hydrogen-bond acceptors (Lipinski definition) is 6. The SMILES string of the molecule is COc1cc2c(cc1OC)-c1cc(=Nc3c(C)cc(C)cc3C)nc(OCCN)n1CC2. The highest BCUT2D eigenvalue weighted by atomic mass is 16.5. The number of aryl methyl sites for hydroxylation is 4. The maximum absolute atomic E-state index is 5.94. The highest BCUT2D eigenvalue weighted by molar-refractivity contribution is 5.70. The van der Waals surface area contributed by atoms with Gasteiger partial charge in [0.1, 0.15) is 6.61 Å². The van der Waals surface area contributed by atoms with Crippen LogP contribution in [0.15, 0.2) is 35.3 Å². The lowest BCUT2D eigenvalue weighted by molar-refractivity contribution is 0.280. The van der Waals surface area contributed by atoms with Gasteiger partial charge in [-0.05, 0) is 56.0 Å². The molecule has 0 spiro atoms. The Morgan fingerprint density at radius 2 is 1.69 bits per heavy atom. The predicted octanol–water partition coefficient (Wildman–Crippen LogP) is 3.62. The summed E-state index contributed by atoms with van der Waals surface area (Å²) in [5.41, 5.74) is 13.9. The van der Waals surface area contributed by atoms with Crippen molar-refractivity contribution in [3.05, 3.63) is 58.1 Å². The minimum Gasteiger partial charge on any atom is -0.493 e. The third-order valence-electron chi connectivity index (χ3n) is 5.70. The van der Waals surface area contributed by atoms with Crippen LogP contribution in [0.1, 0.15) is 22.3 Å². The van der Waals surface area contributed by atoms with E-state index >= 15 is 0 Å². The molecule has 2 heterocycles. The first-order valence-corrected chi connectivity index (χ1v) is 10.8. The maximum Gasteiger partial charge on any atom is 0.298 e. The zero-order chi connectivity index (χ0) is 22.8. The molecule has 7 heteroatoms. The largest absolute Gasteiger partial charge is 0.493 e. The van der Waals surface area contributed by atoms with E-state index in [1.165, 1.54) is 11.1 Å². The van der Waals surface area contributed by atoms with E-state index in [1.54, 1.807) is 14.2 Å². The van der Waals surface area contributed by atoms with Crippen LogP contribution >= 0.6 is 0 Å². The molecule has 0 bridgehead atoms. The lowest BCUT2D eigenvalue weighted by Crippen LogP contribution is -2.24. The second kappa shape index (κ2) is 9.04. The molecule has 7 nitrogen and oxygen atoms in total. The summed E-state index contributed by atoms with van der Waals surface area (Å²) in [7, 11) is 3.30. The van der Waals surface area contributed by atoms with E-state index in [1.807, 2.05) is 18.2 Å². The zero-order valence-electron chi connectivity index (χ0n) is 19.4.